The van der Waals surface area contributed by atoms with Crippen molar-refractivity contribution in [3.05, 3.63) is 41.5 Å². The summed E-state index contributed by atoms with van der Waals surface area (Å²) in [5.41, 5.74) is 2.33. The van der Waals surface area contributed by atoms with Crippen LogP contribution in [-0.2, 0) is 10.0 Å². The number of amides is 1. The summed E-state index contributed by atoms with van der Waals surface area (Å²) in [5.74, 6) is 2.34. The van der Waals surface area contributed by atoms with Gasteiger partial charge >= 0.3 is 0 Å². The number of aryl methyl sites for hydroxylation is 1. The average Bonchev–Trinajstić information content (AvgIpc) is 2.82. The fraction of sp³-hybridized carbons (Fsp3) is 0.350. The minimum absolute atomic E-state index is 0.119. The molecule has 0 bridgehead atoms. The second-order valence-electron chi connectivity index (χ2n) is 7.26. The number of benzene rings is 2. The molecule has 9 heteroatoms. The molecule has 0 atom stereocenters. The minimum Gasteiger partial charge on any atom is -0.454 e. The van der Waals surface area contributed by atoms with Gasteiger partial charge in [-0.1, -0.05) is 6.07 Å². The number of anilines is 2. The first kappa shape index (κ1) is 20.1. The van der Waals surface area contributed by atoms with E-state index in [0.717, 1.165) is 30.2 Å². The van der Waals surface area contributed by atoms with E-state index in [-0.39, 0.29) is 16.4 Å². The lowest BCUT2D eigenvalue weighted by Crippen LogP contribution is -2.35. The SMILES string of the molecule is Cc1ccc2c(c1)NC(=O)c1cc(S(=O)(=O)N(C)C)c(N3CCSCC3)cc1O2. The Balaban J connectivity index is 1.90. The molecule has 0 aliphatic carbocycles. The molecule has 0 spiro atoms. The number of fused-ring (bicyclic) bond motifs is 2. The van der Waals surface area contributed by atoms with E-state index in [2.05, 4.69) is 10.2 Å². The molecule has 7 nitrogen and oxygen atoms in total. The summed E-state index contributed by atoms with van der Waals surface area (Å²) in [7, 11) is -0.766. The fourth-order valence-electron chi connectivity index (χ4n) is 3.40. The molecule has 2 aromatic rings. The number of hydrogen-bond acceptors (Lipinski definition) is 6. The third-order valence-electron chi connectivity index (χ3n) is 5.02. The molecule has 2 aromatic carbocycles. The van der Waals surface area contributed by atoms with Crippen molar-refractivity contribution in [2.75, 3.05) is 48.9 Å². The van der Waals surface area contributed by atoms with Crippen LogP contribution in [0.15, 0.2) is 35.2 Å². The highest BCUT2D eigenvalue weighted by Crippen LogP contribution is 2.41. The van der Waals surface area contributed by atoms with E-state index in [1.54, 1.807) is 6.07 Å². The average molecular weight is 434 g/mol. The number of nitrogens with one attached hydrogen (secondary N) is 1. The van der Waals surface area contributed by atoms with Crippen molar-refractivity contribution in [1.82, 2.24) is 4.31 Å². The number of thioether (sulfide) groups is 1. The maximum Gasteiger partial charge on any atom is 0.259 e. The van der Waals surface area contributed by atoms with Crippen molar-refractivity contribution < 1.29 is 17.9 Å². The zero-order valence-electron chi connectivity index (χ0n) is 16.6. The van der Waals surface area contributed by atoms with Crippen LogP contribution in [0.5, 0.6) is 11.5 Å². The number of carbonyl (C=O) groups excluding carboxylic acids is 1. The van der Waals surface area contributed by atoms with Crippen molar-refractivity contribution in [3.63, 3.8) is 0 Å². The number of rotatable bonds is 3. The zero-order valence-corrected chi connectivity index (χ0v) is 18.2. The number of hydrogen-bond donors (Lipinski definition) is 1. The highest BCUT2D eigenvalue weighted by molar-refractivity contribution is 7.99. The highest BCUT2D eigenvalue weighted by Gasteiger charge is 2.31. The molecule has 29 heavy (non-hydrogen) atoms. The normalized spacial score (nSPS) is 16.6. The Morgan fingerprint density at radius 2 is 1.83 bits per heavy atom. The first-order chi connectivity index (χ1) is 13.8. The molecule has 0 unspecified atom stereocenters. The molecule has 0 aromatic heterocycles. The number of nitrogens with zero attached hydrogens (tertiary/aromatic N) is 2. The molecule has 1 amide bonds. The summed E-state index contributed by atoms with van der Waals surface area (Å²) in [5, 5.41) is 2.84. The number of ether oxygens (including phenoxy) is 1. The predicted molar refractivity (Wildman–Crippen MR) is 116 cm³/mol. The first-order valence-electron chi connectivity index (χ1n) is 9.30. The van der Waals surface area contributed by atoms with Crippen LogP contribution in [0.1, 0.15) is 15.9 Å². The second kappa shape index (κ2) is 7.55. The van der Waals surface area contributed by atoms with Gasteiger partial charge in [0, 0.05) is 44.8 Å². The van der Waals surface area contributed by atoms with E-state index in [9.17, 15) is 13.2 Å². The quantitative estimate of drug-likeness (QED) is 0.801. The lowest BCUT2D eigenvalue weighted by molar-refractivity contribution is 0.102. The van der Waals surface area contributed by atoms with Crippen molar-refractivity contribution in [2.45, 2.75) is 11.8 Å². The van der Waals surface area contributed by atoms with Crippen molar-refractivity contribution in [2.24, 2.45) is 0 Å². The van der Waals surface area contributed by atoms with Gasteiger partial charge in [-0.2, -0.15) is 11.8 Å². The Bertz CT molecular complexity index is 1080. The topological polar surface area (TPSA) is 79.0 Å². The van der Waals surface area contributed by atoms with Crippen LogP contribution in [-0.4, -0.2) is 57.3 Å². The van der Waals surface area contributed by atoms with E-state index in [1.165, 1.54) is 24.5 Å². The number of sulfonamides is 1. The van der Waals surface area contributed by atoms with Crippen LogP contribution in [0.3, 0.4) is 0 Å². The van der Waals surface area contributed by atoms with Crippen LogP contribution in [0.25, 0.3) is 0 Å². The lowest BCUT2D eigenvalue weighted by atomic mass is 10.1. The number of carbonyl (C=O) groups is 1. The van der Waals surface area contributed by atoms with Crippen LogP contribution < -0.4 is 15.0 Å². The van der Waals surface area contributed by atoms with Gasteiger partial charge in [-0.25, -0.2) is 12.7 Å². The van der Waals surface area contributed by atoms with Crippen LogP contribution in [0, 0.1) is 6.92 Å². The molecule has 2 heterocycles. The van der Waals surface area contributed by atoms with Crippen LogP contribution in [0.4, 0.5) is 11.4 Å². The van der Waals surface area contributed by atoms with Gasteiger partial charge in [0.15, 0.2) is 5.75 Å². The van der Waals surface area contributed by atoms with Gasteiger partial charge in [-0.15, -0.1) is 0 Å². The summed E-state index contributed by atoms with van der Waals surface area (Å²) >= 11 is 1.84. The molecule has 154 valence electrons. The van der Waals surface area contributed by atoms with E-state index in [1.807, 2.05) is 36.9 Å². The third-order valence-corrected chi connectivity index (χ3v) is 7.81. The van der Waals surface area contributed by atoms with Gasteiger partial charge in [0.2, 0.25) is 10.0 Å². The van der Waals surface area contributed by atoms with Gasteiger partial charge < -0.3 is 15.0 Å². The Labute approximate surface area is 175 Å². The summed E-state index contributed by atoms with van der Waals surface area (Å²) in [4.78, 5) is 15.1. The zero-order chi connectivity index (χ0) is 20.8. The Morgan fingerprint density at radius 3 is 2.52 bits per heavy atom. The standard InChI is InChI=1S/C20H23N3O4S2/c1-13-4-5-17-15(10-13)21-20(24)14-11-19(29(25,26)22(2)3)16(12-18(14)27-17)23-6-8-28-9-7-23/h4-5,10-12H,6-9H2,1-3H3,(H,21,24). The summed E-state index contributed by atoms with van der Waals surface area (Å²) < 4.78 is 33.4. The molecule has 0 saturated carbocycles. The van der Waals surface area contributed by atoms with Crippen molar-refractivity contribution in [3.8, 4) is 11.5 Å². The van der Waals surface area contributed by atoms with Gasteiger partial charge in [0.05, 0.1) is 16.9 Å². The predicted octanol–water partition coefficient (Wildman–Crippen LogP) is 3.16. The largest absolute Gasteiger partial charge is 0.454 e. The van der Waals surface area contributed by atoms with Crippen LogP contribution in [0.2, 0.25) is 0 Å². The first-order valence-corrected chi connectivity index (χ1v) is 11.9. The summed E-state index contributed by atoms with van der Waals surface area (Å²) in [6.07, 6.45) is 0. The van der Waals surface area contributed by atoms with Crippen molar-refractivity contribution in [1.29, 1.82) is 0 Å². The highest BCUT2D eigenvalue weighted by atomic mass is 32.2. The van der Waals surface area contributed by atoms with Crippen LogP contribution >= 0.6 is 11.8 Å². The maximum absolute atomic E-state index is 13.1. The third kappa shape index (κ3) is 3.70. The lowest BCUT2D eigenvalue weighted by Gasteiger charge is -2.31. The molecule has 4 rings (SSSR count). The van der Waals surface area contributed by atoms with Gasteiger partial charge in [-0.3, -0.25) is 4.79 Å². The maximum atomic E-state index is 13.1. The monoisotopic (exact) mass is 433 g/mol. The molecule has 0 radical (unpaired) electrons. The fourth-order valence-corrected chi connectivity index (χ4v) is 5.42. The molecule has 2 aliphatic heterocycles. The summed E-state index contributed by atoms with van der Waals surface area (Å²) in [6, 6.07) is 8.68. The molecule has 1 saturated heterocycles. The van der Waals surface area contributed by atoms with E-state index >= 15 is 0 Å². The minimum atomic E-state index is -3.75. The molecule has 2 aliphatic rings. The second-order valence-corrected chi connectivity index (χ2v) is 10.6. The van der Waals surface area contributed by atoms with E-state index < -0.39 is 10.0 Å². The van der Waals surface area contributed by atoms with E-state index in [4.69, 9.17) is 4.74 Å². The van der Waals surface area contributed by atoms with Gasteiger partial charge in [0.1, 0.15) is 10.6 Å². The summed E-state index contributed by atoms with van der Waals surface area (Å²) in [6.45, 7) is 3.40. The molecule has 1 fully saturated rings. The smallest absolute Gasteiger partial charge is 0.259 e. The Hall–Kier alpha value is -2.23. The van der Waals surface area contributed by atoms with E-state index in [0.29, 0.717) is 22.9 Å². The van der Waals surface area contributed by atoms with Gasteiger partial charge in [-0.05, 0) is 30.7 Å². The Morgan fingerprint density at radius 1 is 1.10 bits per heavy atom. The molecule has 1 N–H and O–H groups in total. The van der Waals surface area contributed by atoms with Gasteiger partial charge in [0.25, 0.3) is 5.91 Å². The molecular weight excluding hydrogens is 410 g/mol. The van der Waals surface area contributed by atoms with Crippen molar-refractivity contribution >= 4 is 39.1 Å². The Kier molecular flexibility index (Phi) is 5.22. The molecular formula is C20H23N3O4S2.